The Balaban J connectivity index is 2.20. The van der Waals surface area contributed by atoms with Crippen molar-refractivity contribution in [1.29, 1.82) is 0 Å². The summed E-state index contributed by atoms with van der Waals surface area (Å²) in [7, 11) is 0. The molecule has 3 N–H and O–H groups in total. The maximum atomic E-state index is 11.3. The van der Waals surface area contributed by atoms with E-state index in [1.165, 1.54) is 0 Å². The third-order valence-electron chi connectivity index (χ3n) is 2.05. The number of aromatic nitrogens is 1. The monoisotopic (exact) mass is 229 g/mol. The number of nitrogens with zero attached hydrogens (tertiary/aromatic N) is 1. The van der Waals surface area contributed by atoms with Crippen LogP contribution in [0.25, 0.3) is 0 Å². The number of hydrogen-bond acceptors (Lipinski definition) is 4. The van der Waals surface area contributed by atoms with Crippen LogP contribution in [0.15, 0.2) is 48.5 Å². The molecule has 0 spiro atoms. The number of nitrogens with one attached hydrogen (secondary N) is 1. The molecule has 1 aromatic carbocycles. The van der Waals surface area contributed by atoms with E-state index in [9.17, 15) is 4.79 Å². The predicted molar refractivity (Wildman–Crippen MR) is 62.4 cm³/mol. The van der Waals surface area contributed by atoms with Gasteiger partial charge >= 0.3 is 0 Å². The minimum absolute atomic E-state index is 0.209. The first-order valence-corrected chi connectivity index (χ1v) is 5.00. The standard InChI is InChI=1S/C12H11N3O2/c13-15-12(16)10-7-4-8-11(14-10)17-9-5-2-1-3-6-9/h1-8H,13H2,(H,15,16). The molecule has 0 unspecified atom stereocenters. The van der Waals surface area contributed by atoms with Gasteiger partial charge in [-0.05, 0) is 18.2 Å². The van der Waals surface area contributed by atoms with Crippen molar-refractivity contribution in [1.82, 2.24) is 10.4 Å². The molecule has 5 heteroatoms. The Bertz CT molecular complexity index is 514. The van der Waals surface area contributed by atoms with Crippen LogP contribution >= 0.6 is 0 Å². The summed E-state index contributed by atoms with van der Waals surface area (Å²) in [6.45, 7) is 0. The first kappa shape index (κ1) is 11.1. The molecular formula is C12H11N3O2. The summed E-state index contributed by atoms with van der Waals surface area (Å²) in [5.41, 5.74) is 2.22. The number of carbonyl (C=O) groups excluding carboxylic acids is 1. The first-order chi connectivity index (χ1) is 8.29. The Morgan fingerprint density at radius 3 is 2.59 bits per heavy atom. The van der Waals surface area contributed by atoms with Gasteiger partial charge < -0.3 is 4.74 Å². The number of pyridine rings is 1. The Hall–Kier alpha value is -2.40. The molecule has 0 aliphatic carbocycles. The summed E-state index contributed by atoms with van der Waals surface area (Å²) >= 11 is 0. The Labute approximate surface area is 98.2 Å². The number of ether oxygens (including phenoxy) is 1. The lowest BCUT2D eigenvalue weighted by Crippen LogP contribution is -2.30. The fraction of sp³-hybridized carbons (Fsp3) is 0. The van der Waals surface area contributed by atoms with Gasteiger partial charge in [0.15, 0.2) is 0 Å². The quantitative estimate of drug-likeness (QED) is 0.474. The van der Waals surface area contributed by atoms with Crippen LogP contribution in [-0.4, -0.2) is 10.9 Å². The number of hydrazine groups is 1. The molecule has 86 valence electrons. The van der Waals surface area contributed by atoms with Gasteiger partial charge in [0.25, 0.3) is 5.91 Å². The Morgan fingerprint density at radius 1 is 1.12 bits per heavy atom. The first-order valence-electron chi connectivity index (χ1n) is 5.00. The number of hydrogen-bond donors (Lipinski definition) is 2. The van der Waals surface area contributed by atoms with E-state index in [4.69, 9.17) is 10.6 Å². The van der Waals surface area contributed by atoms with Crippen LogP contribution in [0, 0.1) is 0 Å². The number of amides is 1. The number of benzene rings is 1. The van der Waals surface area contributed by atoms with Gasteiger partial charge in [0.1, 0.15) is 11.4 Å². The van der Waals surface area contributed by atoms with Gasteiger partial charge in [0.2, 0.25) is 5.88 Å². The molecule has 0 fully saturated rings. The second-order valence-corrected chi connectivity index (χ2v) is 3.25. The van der Waals surface area contributed by atoms with E-state index in [1.807, 2.05) is 23.6 Å². The molecule has 0 bridgehead atoms. The van der Waals surface area contributed by atoms with Crippen LogP contribution in [0.5, 0.6) is 11.6 Å². The van der Waals surface area contributed by atoms with Crippen molar-refractivity contribution in [3.05, 3.63) is 54.2 Å². The van der Waals surface area contributed by atoms with Crippen LogP contribution < -0.4 is 16.0 Å². The minimum atomic E-state index is -0.455. The molecule has 0 aliphatic rings. The average molecular weight is 229 g/mol. The Morgan fingerprint density at radius 2 is 1.88 bits per heavy atom. The smallest absolute Gasteiger partial charge is 0.283 e. The fourth-order valence-electron chi connectivity index (χ4n) is 1.28. The van der Waals surface area contributed by atoms with E-state index in [0.717, 1.165) is 0 Å². The van der Waals surface area contributed by atoms with Gasteiger partial charge in [-0.15, -0.1) is 0 Å². The lowest BCUT2D eigenvalue weighted by atomic mass is 10.3. The maximum absolute atomic E-state index is 11.3. The zero-order valence-corrected chi connectivity index (χ0v) is 8.96. The summed E-state index contributed by atoms with van der Waals surface area (Å²) in [5.74, 6) is 5.57. The van der Waals surface area contributed by atoms with Crippen LogP contribution in [0.4, 0.5) is 0 Å². The number of carbonyl (C=O) groups is 1. The molecule has 5 nitrogen and oxygen atoms in total. The van der Waals surface area contributed by atoms with Gasteiger partial charge in [-0.25, -0.2) is 10.8 Å². The van der Waals surface area contributed by atoms with Crippen molar-refractivity contribution < 1.29 is 9.53 Å². The molecule has 0 aliphatic heterocycles. The minimum Gasteiger partial charge on any atom is -0.439 e. The molecule has 0 atom stereocenters. The highest BCUT2D eigenvalue weighted by atomic mass is 16.5. The molecule has 17 heavy (non-hydrogen) atoms. The van der Waals surface area contributed by atoms with Crippen LogP contribution in [0.2, 0.25) is 0 Å². The third-order valence-corrected chi connectivity index (χ3v) is 2.05. The highest BCUT2D eigenvalue weighted by molar-refractivity contribution is 5.91. The number of para-hydroxylation sites is 1. The Kier molecular flexibility index (Phi) is 3.32. The van der Waals surface area contributed by atoms with Crippen molar-refractivity contribution in [3.8, 4) is 11.6 Å². The summed E-state index contributed by atoms with van der Waals surface area (Å²) in [6.07, 6.45) is 0. The van der Waals surface area contributed by atoms with E-state index >= 15 is 0 Å². The lowest BCUT2D eigenvalue weighted by Gasteiger charge is -2.05. The van der Waals surface area contributed by atoms with Crippen molar-refractivity contribution in [2.45, 2.75) is 0 Å². The normalized spacial score (nSPS) is 9.71. The summed E-state index contributed by atoms with van der Waals surface area (Å²) < 4.78 is 5.48. The largest absolute Gasteiger partial charge is 0.439 e. The molecule has 0 saturated carbocycles. The maximum Gasteiger partial charge on any atom is 0.283 e. The highest BCUT2D eigenvalue weighted by Gasteiger charge is 2.06. The van der Waals surface area contributed by atoms with Gasteiger partial charge in [0, 0.05) is 6.07 Å². The predicted octanol–water partition coefficient (Wildman–Crippen LogP) is 1.48. The van der Waals surface area contributed by atoms with Gasteiger partial charge in [0.05, 0.1) is 0 Å². The molecule has 1 amide bonds. The average Bonchev–Trinajstić information content (AvgIpc) is 2.39. The summed E-state index contributed by atoms with van der Waals surface area (Å²) in [5, 5.41) is 0. The molecule has 2 rings (SSSR count). The van der Waals surface area contributed by atoms with E-state index in [1.54, 1.807) is 30.3 Å². The topological polar surface area (TPSA) is 77.2 Å². The zero-order chi connectivity index (χ0) is 12.1. The van der Waals surface area contributed by atoms with Crippen molar-refractivity contribution >= 4 is 5.91 Å². The van der Waals surface area contributed by atoms with Crippen molar-refractivity contribution in [3.63, 3.8) is 0 Å². The zero-order valence-electron chi connectivity index (χ0n) is 8.96. The molecular weight excluding hydrogens is 218 g/mol. The molecule has 1 heterocycles. The number of rotatable bonds is 3. The second-order valence-electron chi connectivity index (χ2n) is 3.25. The van der Waals surface area contributed by atoms with Crippen molar-refractivity contribution in [2.24, 2.45) is 5.84 Å². The van der Waals surface area contributed by atoms with Gasteiger partial charge in [-0.2, -0.15) is 0 Å². The van der Waals surface area contributed by atoms with Gasteiger partial charge in [-0.3, -0.25) is 10.2 Å². The second kappa shape index (κ2) is 5.09. The van der Waals surface area contributed by atoms with Crippen LogP contribution in [0.1, 0.15) is 10.5 Å². The number of nitrogens with two attached hydrogens (primary N) is 1. The fourth-order valence-corrected chi connectivity index (χ4v) is 1.28. The third kappa shape index (κ3) is 2.79. The van der Waals surface area contributed by atoms with E-state index < -0.39 is 5.91 Å². The van der Waals surface area contributed by atoms with Crippen molar-refractivity contribution in [2.75, 3.05) is 0 Å². The van der Waals surface area contributed by atoms with Crippen LogP contribution in [-0.2, 0) is 0 Å². The molecule has 2 aromatic rings. The SMILES string of the molecule is NNC(=O)c1cccc(Oc2ccccc2)n1. The number of nitrogen functional groups attached to an aromatic ring is 1. The molecule has 1 aromatic heterocycles. The lowest BCUT2D eigenvalue weighted by molar-refractivity contribution is 0.0948. The van der Waals surface area contributed by atoms with Gasteiger partial charge in [-0.1, -0.05) is 24.3 Å². The summed E-state index contributed by atoms with van der Waals surface area (Å²) in [4.78, 5) is 15.3. The van der Waals surface area contributed by atoms with Crippen LogP contribution in [0.3, 0.4) is 0 Å². The molecule has 0 saturated heterocycles. The van der Waals surface area contributed by atoms with E-state index in [-0.39, 0.29) is 5.69 Å². The molecule has 0 radical (unpaired) electrons. The summed E-state index contributed by atoms with van der Waals surface area (Å²) in [6, 6.07) is 14.1. The van der Waals surface area contributed by atoms with E-state index in [0.29, 0.717) is 11.6 Å². The van der Waals surface area contributed by atoms with E-state index in [2.05, 4.69) is 4.98 Å². The highest BCUT2D eigenvalue weighted by Crippen LogP contribution is 2.18.